The number of fused-ring (bicyclic) bond motifs is 1. The first-order chi connectivity index (χ1) is 9.47. The SMILES string of the molecule is CC1=NNC2=CC=CN(c3cccc(C(F)(F)F)c3)N21. The quantitative estimate of drug-likeness (QED) is 0.857. The molecule has 0 saturated heterocycles. The number of anilines is 1. The summed E-state index contributed by atoms with van der Waals surface area (Å²) in [5, 5.41) is 7.37. The van der Waals surface area contributed by atoms with Crippen LogP contribution in [0.3, 0.4) is 0 Å². The highest BCUT2D eigenvalue weighted by atomic mass is 19.4. The number of nitrogens with one attached hydrogen (secondary N) is 1. The molecule has 0 saturated carbocycles. The highest BCUT2D eigenvalue weighted by Gasteiger charge is 2.32. The molecule has 0 aliphatic carbocycles. The van der Waals surface area contributed by atoms with Crippen molar-refractivity contribution in [3.05, 3.63) is 54.0 Å². The van der Waals surface area contributed by atoms with Gasteiger partial charge in [0, 0.05) is 6.20 Å². The van der Waals surface area contributed by atoms with Gasteiger partial charge < -0.3 is 0 Å². The van der Waals surface area contributed by atoms with Gasteiger partial charge in [0.25, 0.3) is 0 Å². The summed E-state index contributed by atoms with van der Waals surface area (Å²) in [5.41, 5.74) is 2.55. The lowest BCUT2D eigenvalue weighted by atomic mass is 10.2. The zero-order chi connectivity index (χ0) is 14.3. The molecule has 0 spiro atoms. The molecule has 0 fully saturated rings. The molecule has 0 aromatic heterocycles. The molecule has 2 heterocycles. The lowest BCUT2D eigenvalue weighted by Crippen LogP contribution is -2.41. The Labute approximate surface area is 113 Å². The highest BCUT2D eigenvalue weighted by molar-refractivity contribution is 5.85. The summed E-state index contributed by atoms with van der Waals surface area (Å²) < 4.78 is 38.3. The minimum absolute atomic E-state index is 0.417. The van der Waals surface area contributed by atoms with E-state index in [9.17, 15) is 13.2 Å². The second-order valence-corrected chi connectivity index (χ2v) is 4.37. The van der Waals surface area contributed by atoms with Crippen molar-refractivity contribution in [2.45, 2.75) is 13.1 Å². The topological polar surface area (TPSA) is 30.9 Å². The smallest absolute Gasteiger partial charge is 0.260 e. The van der Waals surface area contributed by atoms with E-state index in [0.717, 1.165) is 12.1 Å². The number of alkyl halides is 3. The number of nitrogens with zero attached hydrogens (tertiary/aromatic N) is 3. The first-order valence-corrected chi connectivity index (χ1v) is 5.92. The third-order valence-corrected chi connectivity index (χ3v) is 3.00. The fraction of sp³-hybridized carbons (Fsp3) is 0.154. The molecule has 0 amide bonds. The summed E-state index contributed by atoms with van der Waals surface area (Å²) in [6, 6.07) is 5.17. The van der Waals surface area contributed by atoms with E-state index in [-0.39, 0.29) is 0 Å². The molecule has 1 aromatic rings. The zero-order valence-electron chi connectivity index (χ0n) is 10.5. The first-order valence-electron chi connectivity index (χ1n) is 5.92. The van der Waals surface area contributed by atoms with E-state index in [1.807, 2.05) is 0 Å². The number of rotatable bonds is 1. The standard InChI is InChI=1S/C13H11F3N4/c1-9-17-18-12-6-3-7-19(20(9)12)11-5-2-4-10(8-11)13(14,15)16/h2-8,18H,1H3. The van der Waals surface area contributed by atoms with Gasteiger partial charge in [-0.15, -0.1) is 0 Å². The van der Waals surface area contributed by atoms with E-state index in [4.69, 9.17) is 0 Å². The number of amidine groups is 1. The molecule has 7 heteroatoms. The van der Waals surface area contributed by atoms with Crippen LogP contribution in [0.1, 0.15) is 12.5 Å². The van der Waals surface area contributed by atoms with E-state index >= 15 is 0 Å². The van der Waals surface area contributed by atoms with Gasteiger partial charge in [-0.05, 0) is 37.3 Å². The first kappa shape index (κ1) is 12.6. The van der Waals surface area contributed by atoms with Crippen molar-refractivity contribution in [3.63, 3.8) is 0 Å². The maximum atomic E-state index is 12.8. The normalized spacial score (nSPS) is 17.6. The Morgan fingerprint density at radius 1 is 1.25 bits per heavy atom. The van der Waals surface area contributed by atoms with Gasteiger partial charge >= 0.3 is 6.18 Å². The third kappa shape index (κ3) is 2.01. The van der Waals surface area contributed by atoms with E-state index in [1.165, 1.54) is 6.07 Å². The van der Waals surface area contributed by atoms with Gasteiger partial charge in [0.15, 0.2) is 0 Å². The van der Waals surface area contributed by atoms with Gasteiger partial charge in [0.1, 0.15) is 11.7 Å². The largest absolute Gasteiger partial charge is 0.416 e. The molecule has 1 N–H and O–H groups in total. The van der Waals surface area contributed by atoms with Crippen molar-refractivity contribution < 1.29 is 13.2 Å². The van der Waals surface area contributed by atoms with E-state index in [0.29, 0.717) is 17.3 Å². The molecular weight excluding hydrogens is 269 g/mol. The average Bonchev–Trinajstić information content (AvgIpc) is 2.80. The van der Waals surface area contributed by atoms with Crippen LogP contribution in [0.15, 0.2) is 53.5 Å². The fourth-order valence-electron chi connectivity index (χ4n) is 2.10. The van der Waals surface area contributed by atoms with E-state index in [2.05, 4.69) is 10.5 Å². The van der Waals surface area contributed by atoms with Crippen LogP contribution in [0.2, 0.25) is 0 Å². The molecule has 2 aliphatic rings. The number of hydrazone groups is 1. The van der Waals surface area contributed by atoms with Gasteiger partial charge in [-0.3, -0.25) is 10.4 Å². The maximum absolute atomic E-state index is 12.8. The number of allylic oxidation sites excluding steroid dienone is 2. The molecule has 0 bridgehead atoms. The van der Waals surface area contributed by atoms with Gasteiger partial charge in [0.2, 0.25) is 0 Å². The number of benzene rings is 1. The van der Waals surface area contributed by atoms with Crippen LogP contribution < -0.4 is 10.4 Å². The molecule has 1 aromatic carbocycles. The van der Waals surface area contributed by atoms with Crippen molar-refractivity contribution in [1.82, 2.24) is 10.4 Å². The molecular formula is C13H11F3N4. The molecule has 0 unspecified atom stereocenters. The van der Waals surface area contributed by atoms with Gasteiger partial charge in [-0.1, -0.05) is 6.07 Å². The predicted molar refractivity (Wildman–Crippen MR) is 69.2 cm³/mol. The summed E-state index contributed by atoms with van der Waals surface area (Å²) >= 11 is 0. The Morgan fingerprint density at radius 2 is 2.05 bits per heavy atom. The Hall–Kier alpha value is -2.44. The molecule has 0 atom stereocenters. The van der Waals surface area contributed by atoms with Crippen LogP contribution in [-0.4, -0.2) is 10.8 Å². The maximum Gasteiger partial charge on any atom is 0.416 e. The summed E-state index contributed by atoms with van der Waals surface area (Å²) in [6.45, 7) is 1.77. The monoisotopic (exact) mass is 280 g/mol. The van der Waals surface area contributed by atoms with Gasteiger partial charge in [-0.25, -0.2) is 5.01 Å². The third-order valence-electron chi connectivity index (χ3n) is 3.00. The average molecular weight is 280 g/mol. The van der Waals surface area contributed by atoms with Crippen molar-refractivity contribution in [2.75, 3.05) is 5.01 Å². The highest BCUT2D eigenvalue weighted by Crippen LogP contribution is 2.33. The number of hydrazine groups is 1. The van der Waals surface area contributed by atoms with Crippen LogP contribution in [0, 0.1) is 0 Å². The minimum atomic E-state index is -4.36. The molecule has 4 nitrogen and oxygen atoms in total. The number of hydrogen-bond acceptors (Lipinski definition) is 4. The Balaban J connectivity index is 1.99. The summed E-state index contributed by atoms with van der Waals surface area (Å²) in [5.74, 6) is 1.35. The van der Waals surface area contributed by atoms with Crippen LogP contribution in [0.4, 0.5) is 18.9 Å². The van der Waals surface area contributed by atoms with E-state index < -0.39 is 11.7 Å². The predicted octanol–water partition coefficient (Wildman–Crippen LogP) is 3.03. The van der Waals surface area contributed by atoms with Crippen LogP contribution >= 0.6 is 0 Å². The lowest BCUT2D eigenvalue weighted by Gasteiger charge is -2.34. The molecule has 20 heavy (non-hydrogen) atoms. The van der Waals surface area contributed by atoms with Crippen molar-refractivity contribution in [2.24, 2.45) is 5.10 Å². The Morgan fingerprint density at radius 3 is 2.80 bits per heavy atom. The summed E-state index contributed by atoms with van der Waals surface area (Å²) in [4.78, 5) is 0. The van der Waals surface area contributed by atoms with Crippen LogP contribution in [-0.2, 0) is 6.18 Å². The Kier molecular flexibility index (Phi) is 2.70. The van der Waals surface area contributed by atoms with Crippen molar-refractivity contribution in [1.29, 1.82) is 0 Å². The van der Waals surface area contributed by atoms with Gasteiger partial charge in [0.05, 0.1) is 11.3 Å². The molecule has 2 aliphatic heterocycles. The number of hydrogen-bond donors (Lipinski definition) is 1. The minimum Gasteiger partial charge on any atom is -0.260 e. The van der Waals surface area contributed by atoms with Crippen LogP contribution in [0.25, 0.3) is 0 Å². The summed E-state index contributed by atoms with van der Waals surface area (Å²) in [6.07, 6.45) is 0.864. The zero-order valence-corrected chi connectivity index (χ0v) is 10.5. The number of halogens is 3. The van der Waals surface area contributed by atoms with Crippen molar-refractivity contribution in [3.8, 4) is 0 Å². The summed E-state index contributed by atoms with van der Waals surface area (Å²) in [7, 11) is 0. The molecule has 104 valence electrons. The molecule has 3 rings (SSSR count). The van der Waals surface area contributed by atoms with Gasteiger partial charge in [-0.2, -0.15) is 18.3 Å². The lowest BCUT2D eigenvalue weighted by molar-refractivity contribution is -0.137. The van der Waals surface area contributed by atoms with E-state index in [1.54, 1.807) is 41.4 Å². The molecule has 0 radical (unpaired) electrons. The van der Waals surface area contributed by atoms with Crippen LogP contribution in [0.5, 0.6) is 0 Å². The second kappa shape index (κ2) is 4.29. The fourth-order valence-corrected chi connectivity index (χ4v) is 2.10. The van der Waals surface area contributed by atoms with Crippen molar-refractivity contribution >= 4 is 11.5 Å². The second-order valence-electron chi connectivity index (χ2n) is 4.37. The Bertz CT molecular complexity index is 631.